The van der Waals surface area contributed by atoms with Gasteiger partial charge >= 0.3 is 5.69 Å². The van der Waals surface area contributed by atoms with Crippen LogP contribution >= 0.6 is 0 Å². The van der Waals surface area contributed by atoms with Gasteiger partial charge in [0.1, 0.15) is 17.7 Å². The Balaban J connectivity index is 0.764. The van der Waals surface area contributed by atoms with E-state index in [4.69, 9.17) is 4.74 Å². The van der Waals surface area contributed by atoms with Crippen molar-refractivity contribution in [3.63, 3.8) is 0 Å². The van der Waals surface area contributed by atoms with Crippen molar-refractivity contribution in [1.82, 2.24) is 48.6 Å². The lowest BCUT2D eigenvalue weighted by Gasteiger charge is -2.37. The van der Waals surface area contributed by atoms with E-state index >= 15 is 0 Å². The van der Waals surface area contributed by atoms with Crippen molar-refractivity contribution < 1.29 is 27.9 Å². The number of piperazine rings is 1. The molecule has 62 heavy (non-hydrogen) atoms. The highest BCUT2D eigenvalue weighted by molar-refractivity contribution is 6.08. The number of aryl methyl sites for hydroxylation is 1. The van der Waals surface area contributed by atoms with Gasteiger partial charge in [-0.3, -0.25) is 38.4 Å². The summed E-state index contributed by atoms with van der Waals surface area (Å²) in [6.45, 7) is 5.12. The summed E-state index contributed by atoms with van der Waals surface area (Å²) in [5.74, 6) is 6.07. The summed E-state index contributed by atoms with van der Waals surface area (Å²) in [6.07, 6.45) is 11.1. The molecule has 5 aromatic rings. The minimum absolute atomic E-state index is 0.0183. The molecule has 1 atom stereocenters. The summed E-state index contributed by atoms with van der Waals surface area (Å²) in [7, 11) is 1.68. The van der Waals surface area contributed by atoms with Gasteiger partial charge in [-0.05, 0) is 75.8 Å². The van der Waals surface area contributed by atoms with Crippen LogP contribution in [0.1, 0.15) is 111 Å². The van der Waals surface area contributed by atoms with Crippen molar-refractivity contribution in [2.45, 2.75) is 95.2 Å². The zero-order valence-corrected chi connectivity index (χ0v) is 34.8. The Hall–Kier alpha value is -5.93. The highest BCUT2D eigenvalue weighted by atomic mass is 19.3. The van der Waals surface area contributed by atoms with Crippen LogP contribution in [0, 0.1) is 17.8 Å². The Bertz CT molecular complexity index is 2600. The molecular weight excluding hydrogens is 801 g/mol. The van der Waals surface area contributed by atoms with E-state index in [0.29, 0.717) is 34.9 Å². The fourth-order valence-corrected chi connectivity index (χ4v) is 9.57. The Morgan fingerprint density at radius 1 is 0.984 bits per heavy atom. The fourth-order valence-electron chi connectivity index (χ4n) is 9.57. The van der Waals surface area contributed by atoms with Crippen LogP contribution in [-0.2, 0) is 16.6 Å². The van der Waals surface area contributed by atoms with Crippen molar-refractivity contribution in [1.29, 1.82) is 0 Å². The number of aromatic nitrogens is 7. The molecule has 0 radical (unpaired) electrons. The molecule has 4 fully saturated rings. The number of halogens is 2. The molecule has 4 aliphatic rings. The largest absolute Gasteiger partial charge is 0.474 e. The molecule has 9 rings (SSSR count). The first-order valence-electron chi connectivity index (χ1n) is 21.8. The first-order chi connectivity index (χ1) is 30.1. The number of carbonyl (C=O) groups is 3. The van der Waals surface area contributed by atoms with Gasteiger partial charge in [0.15, 0.2) is 11.3 Å². The van der Waals surface area contributed by atoms with E-state index in [-0.39, 0.29) is 53.5 Å². The smallest absolute Gasteiger partial charge is 0.329 e. The number of amides is 3. The second kappa shape index (κ2) is 17.8. The SMILES string of the molecule is Cn1c(=O)n(C2CCC(=O)NC2=O)c2cccc(C#CCN3CCN(C[C@H]4CC[C@H](n5cc(NC(=O)c6cnn7ccc(OC8CCCCC8)nc67)c(C(F)F)n5)CC4)CC3)c21. The zero-order valence-electron chi connectivity index (χ0n) is 34.8. The molecule has 6 heterocycles. The van der Waals surface area contributed by atoms with Crippen molar-refractivity contribution in [3.05, 3.63) is 70.2 Å². The predicted octanol–water partition coefficient (Wildman–Crippen LogP) is 4.86. The van der Waals surface area contributed by atoms with Crippen LogP contribution in [0.2, 0.25) is 0 Å². The maximum atomic E-state index is 14.3. The normalized spacial score (nSPS) is 21.9. The number of anilines is 1. The zero-order chi connectivity index (χ0) is 42.9. The number of ether oxygens (including phenoxy) is 1. The summed E-state index contributed by atoms with van der Waals surface area (Å²) in [6, 6.07) is 6.44. The minimum Gasteiger partial charge on any atom is -0.474 e. The van der Waals surface area contributed by atoms with Gasteiger partial charge in [-0.15, -0.1) is 0 Å². The third-order valence-electron chi connectivity index (χ3n) is 13.0. The number of rotatable bonds is 10. The number of fused-ring (bicyclic) bond motifs is 2. The van der Waals surface area contributed by atoms with Gasteiger partial charge < -0.3 is 15.0 Å². The van der Waals surface area contributed by atoms with E-state index in [9.17, 15) is 28.0 Å². The topological polar surface area (TPSA) is 166 Å². The first-order valence-corrected chi connectivity index (χ1v) is 21.8. The van der Waals surface area contributed by atoms with E-state index < -0.39 is 30.0 Å². The molecule has 326 valence electrons. The summed E-state index contributed by atoms with van der Waals surface area (Å²) < 4.78 is 40.7. The summed E-state index contributed by atoms with van der Waals surface area (Å²) >= 11 is 0. The van der Waals surface area contributed by atoms with Crippen molar-refractivity contribution in [2.24, 2.45) is 13.0 Å². The van der Waals surface area contributed by atoms with E-state index in [2.05, 4.69) is 47.5 Å². The number of nitrogens with one attached hydrogen (secondary N) is 2. The highest BCUT2D eigenvalue weighted by Gasteiger charge is 2.32. The molecule has 3 amide bonds. The lowest BCUT2D eigenvalue weighted by atomic mass is 9.85. The van der Waals surface area contributed by atoms with E-state index in [1.165, 1.54) is 32.5 Å². The monoisotopic (exact) mass is 851 g/mol. The molecule has 2 aliphatic carbocycles. The number of benzene rings is 1. The van der Waals surface area contributed by atoms with Crippen LogP contribution in [0.4, 0.5) is 14.5 Å². The summed E-state index contributed by atoms with van der Waals surface area (Å²) in [5, 5.41) is 13.5. The number of hydrogen-bond acceptors (Lipinski definition) is 10. The van der Waals surface area contributed by atoms with Gasteiger partial charge in [0.25, 0.3) is 12.3 Å². The van der Waals surface area contributed by atoms with E-state index in [1.807, 2.05) is 18.2 Å². The predicted molar refractivity (Wildman–Crippen MR) is 225 cm³/mol. The van der Waals surface area contributed by atoms with Crippen LogP contribution in [0.15, 0.2) is 47.7 Å². The standard InChI is InChI=1S/C44H51F2N11O5/c1-52-39-29(7-5-11-34(39)57(44(52)61)35-16-17-36(58)49-43(35)60)8-6-19-53-21-23-54(24-22-53)26-28-12-14-30(15-13-28)56-27-33(38(51-56)40(45)46)48-42(59)32-25-47-55-20-18-37(50-41(32)55)62-31-9-3-2-4-10-31/h5,7,11,18,20,25,27-28,30-31,35,40H,2-4,9-10,12-17,19,21-24,26H2,1H3,(H,48,59)(H,49,58,60)/t28-,30-,35?. The second-order valence-electron chi connectivity index (χ2n) is 17.0. The molecule has 16 nitrogen and oxygen atoms in total. The van der Waals surface area contributed by atoms with Crippen molar-refractivity contribution in [3.8, 4) is 17.7 Å². The van der Waals surface area contributed by atoms with Crippen LogP contribution < -0.4 is 21.1 Å². The third kappa shape index (κ3) is 8.60. The van der Waals surface area contributed by atoms with Crippen LogP contribution in [-0.4, -0.2) is 106 Å². The van der Waals surface area contributed by atoms with E-state index in [0.717, 1.165) is 84.1 Å². The highest BCUT2D eigenvalue weighted by Crippen LogP contribution is 2.36. The molecule has 0 bridgehead atoms. The molecule has 2 saturated carbocycles. The lowest BCUT2D eigenvalue weighted by Crippen LogP contribution is -2.48. The number of alkyl halides is 2. The number of hydrogen-bond donors (Lipinski definition) is 2. The first kappa shape index (κ1) is 41.4. The summed E-state index contributed by atoms with van der Waals surface area (Å²) in [5.41, 5.74) is 1.63. The van der Waals surface area contributed by atoms with Gasteiger partial charge in [-0.1, -0.05) is 24.3 Å². The molecule has 18 heteroatoms. The maximum absolute atomic E-state index is 14.3. The van der Waals surface area contributed by atoms with Gasteiger partial charge in [-0.2, -0.15) is 15.2 Å². The van der Waals surface area contributed by atoms with Crippen LogP contribution in [0.5, 0.6) is 5.88 Å². The van der Waals surface area contributed by atoms with Gasteiger partial charge in [0.2, 0.25) is 17.7 Å². The number of imidazole rings is 1. The molecular formula is C44H51F2N11O5. The maximum Gasteiger partial charge on any atom is 0.329 e. The van der Waals surface area contributed by atoms with Crippen molar-refractivity contribution in [2.75, 3.05) is 44.6 Å². The fraction of sp³-hybridized carbons (Fsp3) is 0.523. The molecule has 2 N–H and O–H groups in total. The molecule has 1 aromatic carbocycles. The Morgan fingerprint density at radius 3 is 2.52 bits per heavy atom. The molecule has 2 saturated heterocycles. The number of imide groups is 1. The number of para-hydroxylation sites is 1. The van der Waals surface area contributed by atoms with Gasteiger partial charge in [0.05, 0.1) is 41.1 Å². The van der Waals surface area contributed by atoms with Gasteiger partial charge in [0, 0.05) is 64.7 Å². The Labute approximate surface area is 356 Å². The molecule has 4 aromatic heterocycles. The number of carbonyl (C=O) groups excluding carboxylic acids is 3. The molecule has 2 aliphatic heterocycles. The van der Waals surface area contributed by atoms with Crippen LogP contribution in [0.3, 0.4) is 0 Å². The lowest BCUT2D eigenvalue weighted by molar-refractivity contribution is -0.135. The number of piperidine rings is 1. The second-order valence-corrected chi connectivity index (χ2v) is 17.0. The molecule has 1 unspecified atom stereocenters. The average molecular weight is 852 g/mol. The quantitative estimate of drug-likeness (QED) is 0.147. The third-order valence-corrected chi connectivity index (χ3v) is 13.0. The van der Waals surface area contributed by atoms with E-state index in [1.54, 1.807) is 24.0 Å². The van der Waals surface area contributed by atoms with Crippen molar-refractivity contribution >= 4 is 40.1 Å². The van der Waals surface area contributed by atoms with Crippen LogP contribution in [0.25, 0.3) is 16.7 Å². The Morgan fingerprint density at radius 2 is 1.76 bits per heavy atom. The molecule has 0 spiro atoms. The Kier molecular flexibility index (Phi) is 11.9. The summed E-state index contributed by atoms with van der Waals surface area (Å²) in [4.78, 5) is 60.4. The minimum atomic E-state index is -2.87. The van der Waals surface area contributed by atoms with Gasteiger partial charge in [-0.25, -0.2) is 18.1 Å². The average Bonchev–Trinajstić information content (AvgIpc) is 3.96. The number of nitrogens with zero attached hydrogens (tertiary/aromatic N) is 9.